The smallest absolute Gasteiger partial charge is 0.223 e. The van der Waals surface area contributed by atoms with E-state index in [-0.39, 0.29) is 11.9 Å². The van der Waals surface area contributed by atoms with Gasteiger partial charge in [0.15, 0.2) is 0 Å². The monoisotopic (exact) mass is 354 g/mol. The number of hydrogen-bond donors (Lipinski definition) is 0. The predicted octanol–water partition coefficient (Wildman–Crippen LogP) is 5.26. The number of hydrogen-bond acceptors (Lipinski definition) is 1. The molecule has 3 nitrogen and oxygen atoms in total. The van der Waals surface area contributed by atoms with E-state index in [1.54, 1.807) is 0 Å². The molecule has 0 aliphatic rings. The maximum atomic E-state index is 12.9. The Morgan fingerprint density at radius 1 is 1.08 bits per heavy atom. The maximum Gasteiger partial charge on any atom is 0.223 e. The molecular formula is C23H34N2O. The van der Waals surface area contributed by atoms with Gasteiger partial charge in [0.25, 0.3) is 0 Å². The van der Waals surface area contributed by atoms with Gasteiger partial charge >= 0.3 is 0 Å². The third kappa shape index (κ3) is 5.48. The molecule has 0 bridgehead atoms. The highest BCUT2D eigenvalue weighted by atomic mass is 16.2. The number of aryl methyl sites for hydroxylation is 1. The van der Waals surface area contributed by atoms with Crippen molar-refractivity contribution in [3.63, 3.8) is 0 Å². The van der Waals surface area contributed by atoms with E-state index in [1.165, 1.54) is 16.8 Å². The molecule has 0 aliphatic carbocycles. The summed E-state index contributed by atoms with van der Waals surface area (Å²) in [4.78, 5) is 14.9. The third-order valence-electron chi connectivity index (χ3n) is 5.05. The van der Waals surface area contributed by atoms with Crippen LogP contribution in [0.1, 0.15) is 57.9 Å². The molecule has 0 fully saturated rings. The van der Waals surface area contributed by atoms with Crippen LogP contribution in [0.3, 0.4) is 0 Å². The average Bonchev–Trinajstić information content (AvgIpc) is 2.98. The molecule has 1 aromatic heterocycles. The average molecular weight is 355 g/mol. The lowest BCUT2D eigenvalue weighted by atomic mass is 10.0. The summed E-state index contributed by atoms with van der Waals surface area (Å²) in [6.45, 7) is 14.4. The minimum atomic E-state index is 0.226. The van der Waals surface area contributed by atoms with Crippen LogP contribution >= 0.6 is 0 Å². The summed E-state index contributed by atoms with van der Waals surface area (Å²) in [5, 5.41) is 0. The fourth-order valence-corrected chi connectivity index (χ4v) is 3.21. The van der Waals surface area contributed by atoms with Crippen LogP contribution in [0.4, 0.5) is 0 Å². The molecule has 26 heavy (non-hydrogen) atoms. The topological polar surface area (TPSA) is 25.2 Å². The van der Waals surface area contributed by atoms with Crippen LogP contribution in [0.2, 0.25) is 0 Å². The van der Waals surface area contributed by atoms with E-state index in [2.05, 4.69) is 93.6 Å². The first-order chi connectivity index (χ1) is 12.3. The Kier molecular flexibility index (Phi) is 7.07. The molecule has 1 heterocycles. The molecule has 142 valence electrons. The largest absolute Gasteiger partial charge is 0.345 e. The quantitative estimate of drug-likeness (QED) is 0.634. The number of amides is 1. The van der Waals surface area contributed by atoms with Crippen molar-refractivity contribution in [2.24, 2.45) is 11.8 Å². The summed E-state index contributed by atoms with van der Waals surface area (Å²) < 4.78 is 2.26. The van der Waals surface area contributed by atoms with E-state index < -0.39 is 0 Å². The molecular weight excluding hydrogens is 320 g/mol. The van der Waals surface area contributed by atoms with Crippen molar-refractivity contribution in [1.29, 1.82) is 0 Å². The second-order valence-electron chi connectivity index (χ2n) is 8.22. The summed E-state index contributed by atoms with van der Waals surface area (Å²) in [5.74, 6) is 1.07. The summed E-state index contributed by atoms with van der Waals surface area (Å²) in [5.41, 5.74) is 3.76. The molecule has 0 N–H and O–H groups in total. The zero-order valence-corrected chi connectivity index (χ0v) is 17.2. The summed E-state index contributed by atoms with van der Waals surface area (Å²) in [6.07, 6.45) is 2.72. The van der Waals surface area contributed by atoms with E-state index in [9.17, 15) is 4.79 Å². The molecule has 1 unspecified atom stereocenters. The van der Waals surface area contributed by atoms with Gasteiger partial charge < -0.3 is 9.47 Å². The van der Waals surface area contributed by atoms with Crippen LogP contribution in [0.15, 0.2) is 42.6 Å². The highest BCUT2D eigenvalue weighted by Crippen LogP contribution is 2.19. The van der Waals surface area contributed by atoms with Gasteiger partial charge in [-0.25, -0.2) is 0 Å². The Balaban J connectivity index is 2.20. The van der Waals surface area contributed by atoms with Crippen LogP contribution in [0.5, 0.6) is 0 Å². The van der Waals surface area contributed by atoms with Crippen LogP contribution in [0.25, 0.3) is 0 Å². The van der Waals surface area contributed by atoms with Crippen LogP contribution in [-0.2, 0) is 17.9 Å². The molecule has 2 rings (SSSR count). The molecule has 1 aromatic carbocycles. The molecule has 0 spiro atoms. The number of nitrogens with zero attached hydrogens (tertiary/aromatic N) is 2. The second-order valence-corrected chi connectivity index (χ2v) is 8.22. The summed E-state index contributed by atoms with van der Waals surface area (Å²) in [6, 6.07) is 13.1. The standard InChI is InChI=1S/C23H34N2O/c1-17(2)13-23(26)25(20(6)18(3)4)16-22-11-8-12-24(22)15-21-10-7-9-19(5)14-21/h7-12,14,17-18,20H,13,15-16H2,1-6H3. The van der Waals surface area contributed by atoms with Gasteiger partial charge in [-0.3, -0.25) is 4.79 Å². The third-order valence-corrected chi connectivity index (χ3v) is 5.05. The normalized spacial score (nSPS) is 12.6. The van der Waals surface area contributed by atoms with Crippen LogP contribution in [0, 0.1) is 18.8 Å². The van der Waals surface area contributed by atoms with Gasteiger partial charge in [0.05, 0.1) is 6.54 Å². The Morgan fingerprint density at radius 3 is 2.42 bits per heavy atom. The lowest BCUT2D eigenvalue weighted by molar-refractivity contribution is -0.135. The molecule has 3 heteroatoms. The van der Waals surface area contributed by atoms with Crippen LogP contribution < -0.4 is 0 Å². The Hall–Kier alpha value is -2.03. The van der Waals surface area contributed by atoms with Crippen molar-refractivity contribution in [3.8, 4) is 0 Å². The predicted molar refractivity (Wildman–Crippen MR) is 109 cm³/mol. The van der Waals surface area contributed by atoms with Crippen molar-refractivity contribution in [3.05, 3.63) is 59.4 Å². The van der Waals surface area contributed by atoms with E-state index >= 15 is 0 Å². The van der Waals surface area contributed by atoms with Gasteiger partial charge in [-0.2, -0.15) is 0 Å². The fraction of sp³-hybridized carbons (Fsp3) is 0.522. The molecule has 0 radical (unpaired) electrons. The van der Waals surface area contributed by atoms with Crippen LogP contribution in [-0.4, -0.2) is 21.4 Å². The van der Waals surface area contributed by atoms with Gasteiger partial charge in [-0.15, -0.1) is 0 Å². The van der Waals surface area contributed by atoms with Gasteiger partial charge in [0.2, 0.25) is 5.91 Å². The lowest BCUT2D eigenvalue weighted by Crippen LogP contribution is -2.41. The van der Waals surface area contributed by atoms with E-state index in [1.807, 2.05) is 0 Å². The van der Waals surface area contributed by atoms with Gasteiger partial charge in [0, 0.05) is 30.9 Å². The Bertz CT molecular complexity index is 715. The number of carbonyl (C=O) groups is 1. The molecule has 0 saturated heterocycles. The van der Waals surface area contributed by atoms with Gasteiger partial charge in [-0.05, 0) is 43.4 Å². The molecule has 0 aliphatic heterocycles. The first-order valence-electron chi connectivity index (χ1n) is 9.77. The highest BCUT2D eigenvalue weighted by Gasteiger charge is 2.24. The highest BCUT2D eigenvalue weighted by molar-refractivity contribution is 5.76. The fourth-order valence-electron chi connectivity index (χ4n) is 3.21. The second kappa shape index (κ2) is 9.07. The van der Waals surface area contributed by atoms with E-state index in [0.717, 1.165) is 6.54 Å². The van der Waals surface area contributed by atoms with E-state index in [0.29, 0.717) is 24.8 Å². The van der Waals surface area contributed by atoms with Crippen molar-refractivity contribution in [1.82, 2.24) is 9.47 Å². The van der Waals surface area contributed by atoms with Gasteiger partial charge in [0.1, 0.15) is 0 Å². The molecule has 2 aromatic rings. The minimum absolute atomic E-state index is 0.226. The Morgan fingerprint density at radius 2 is 1.81 bits per heavy atom. The zero-order chi connectivity index (χ0) is 19.3. The zero-order valence-electron chi connectivity index (χ0n) is 17.2. The molecule has 0 saturated carbocycles. The number of aromatic nitrogens is 1. The summed E-state index contributed by atoms with van der Waals surface area (Å²) >= 11 is 0. The summed E-state index contributed by atoms with van der Waals surface area (Å²) in [7, 11) is 0. The number of rotatable bonds is 8. The molecule has 1 amide bonds. The molecule has 1 atom stereocenters. The van der Waals surface area contributed by atoms with Crippen molar-refractivity contribution in [2.45, 2.75) is 67.1 Å². The van der Waals surface area contributed by atoms with Crippen molar-refractivity contribution >= 4 is 5.91 Å². The Labute approximate surface area is 159 Å². The lowest BCUT2D eigenvalue weighted by Gasteiger charge is -2.33. The van der Waals surface area contributed by atoms with Crippen molar-refractivity contribution in [2.75, 3.05) is 0 Å². The van der Waals surface area contributed by atoms with Gasteiger partial charge in [-0.1, -0.05) is 57.5 Å². The number of carbonyl (C=O) groups excluding carboxylic acids is 1. The maximum absolute atomic E-state index is 12.9. The van der Waals surface area contributed by atoms with Crippen molar-refractivity contribution < 1.29 is 4.79 Å². The minimum Gasteiger partial charge on any atom is -0.345 e. The first kappa shape index (κ1) is 20.3. The SMILES string of the molecule is Cc1cccc(Cn2cccc2CN(C(=O)CC(C)C)C(C)C(C)C)c1. The van der Waals surface area contributed by atoms with E-state index in [4.69, 9.17) is 0 Å². The first-order valence-corrected chi connectivity index (χ1v) is 9.77. The number of benzene rings is 1.